The van der Waals surface area contributed by atoms with Crippen molar-refractivity contribution in [2.75, 3.05) is 0 Å². The van der Waals surface area contributed by atoms with Gasteiger partial charge in [0, 0.05) is 10.0 Å². The Hall–Kier alpha value is -1.71. The van der Waals surface area contributed by atoms with E-state index in [9.17, 15) is 4.79 Å². The SMILES string of the molecule is CC(NC(=O)NC(C)c1ccccc1Cl)c1cccc(Cl)c1. The zero-order valence-electron chi connectivity index (χ0n) is 12.4. The molecule has 0 radical (unpaired) electrons. The Bertz CT molecular complexity index is 661. The minimum Gasteiger partial charge on any atom is -0.332 e. The summed E-state index contributed by atoms with van der Waals surface area (Å²) in [6, 6.07) is 14.3. The van der Waals surface area contributed by atoms with Gasteiger partial charge in [0.05, 0.1) is 12.1 Å². The second-order valence-electron chi connectivity index (χ2n) is 5.14. The largest absolute Gasteiger partial charge is 0.332 e. The third-order valence-electron chi connectivity index (χ3n) is 3.42. The number of rotatable bonds is 4. The van der Waals surface area contributed by atoms with E-state index in [0.29, 0.717) is 10.0 Å². The summed E-state index contributed by atoms with van der Waals surface area (Å²) in [5, 5.41) is 7.06. The number of hydrogen-bond acceptors (Lipinski definition) is 1. The van der Waals surface area contributed by atoms with Crippen LogP contribution in [0.2, 0.25) is 10.0 Å². The first-order chi connectivity index (χ1) is 10.5. The van der Waals surface area contributed by atoms with Crippen molar-refractivity contribution < 1.29 is 4.79 Å². The van der Waals surface area contributed by atoms with E-state index < -0.39 is 0 Å². The average Bonchev–Trinajstić information content (AvgIpc) is 2.47. The Balaban J connectivity index is 1.97. The van der Waals surface area contributed by atoms with Gasteiger partial charge in [-0.1, -0.05) is 53.5 Å². The molecular formula is C17H18Cl2N2O. The van der Waals surface area contributed by atoms with Gasteiger partial charge >= 0.3 is 6.03 Å². The van der Waals surface area contributed by atoms with Crippen LogP contribution in [0.15, 0.2) is 48.5 Å². The minimum atomic E-state index is -0.250. The van der Waals surface area contributed by atoms with Crippen molar-refractivity contribution in [3.8, 4) is 0 Å². The highest BCUT2D eigenvalue weighted by Gasteiger charge is 2.14. The second kappa shape index (κ2) is 7.52. The van der Waals surface area contributed by atoms with E-state index in [1.54, 1.807) is 6.07 Å². The number of benzene rings is 2. The van der Waals surface area contributed by atoms with Gasteiger partial charge in [-0.25, -0.2) is 4.79 Å². The fraction of sp³-hybridized carbons (Fsp3) is 0.235. The van der Waals surface area contributed by atoms with Crippen molar-refractivity contribution in [3.05, 3.63) is 69.7 Å². The van der Waals surface area contributed by atoms with Crippen molar-refractivity contribution in [1.82, 2.24) is 10.6 Å². The summed E-state index contributed by atoms with van der Waals surface area (Å²) >= 11 is 12.1. The van der Waals surface area contributed by atoms with E-state index in [-0.39, 0.29) is 18.1 Å². The number of halogens is 2. The van der Waals surface area contributed by atoms with E-state index >= 15 is 0 Å². The molecule has 0 spiro atoms. The molecule has 5 heteroatoms. The van der Waals surface area contributed by atoms with Crippen LogP contribution in [0, 0.1) is 0 Å². The Labute approximate surface area is 140 Å². The van der Waals surface area contributed by atoms with Crippen molar-refractivity contribution in [2.24, 2.45) is 0 Å². The van der Waals surface area contributed by atoms with E-state index in [2.05, 4.69) is 10.6 Å². The number of carbonyl (C=O) groups excluding carboxylic acids is 1. The first kappa shape index (κ1) is 16.7. The molecule has 2 rings (SSSR count). The van der Waals surface area contributed by atoms with E-state index in [1.165, 1.54) is 0 Å². The Kier molecular flexibility index (Phi) is 5.69. The molecule has 0 bridgehead atoms. The molecule has 2 amide bonds. The number of carbonyl (C=O) groups is 1. The highest BCUT2D eigenvalue weighted by molar-refractivity contribution is 6.31. The molecule has 116 valence electrons. The van der Waals surface area contributed by atoms with Crippen LogP contribution >= 0.6 is 23.2 Å². The van der Waals surface area contributed by atoms with Crippen molar-refractivity contribution in [1.29, 1.82) is 0 Å². The van der Waals surface area contributed by atoms with Gasteiger partial charge < -0.3 is 10.6 Å². The first-order valence-corrected chi connectivity index (χ1v) is 7.80. The third kappa shape index (κ3) is 4.39. The zero-order valence-corrected chi connectivity index (χ0v) is 13.9. The van der Waals surface area contributed by atoms with Gasteiger partial charge in [0.25, 0.3) is 0 Å². The molecule has 0 aliphatic rings. The fourth-order valence-corrected chi connectivity index (χ4v) is 2.70. The summed E-state index contributed by atoms with van der Waals surface area (Å²) in [5.41, 5.74) is 1.84. The molecule has 2 N–H and O–H groups in total. The van der Waals surface area contributed by atoms with E-state index in [1.807, 2.05) is 56.3 Å². The lowest BCUT2D eigenvalue weighted by atomic mass is 10.1. The van der Waals surface area contributed by atoms with Crippen LogP contribution < -0.4 is 10.6 Å². The van der Waals surface area contributed by atoms with Gasteiger partial charge in [0.1, 0.15) is 0 Å². The molecule has 2 unspecified atom stereocenters. The van der Waals surface area contributed by atoms with Crippen molar-refractivity contribution in [2.45, 2.75) is 25.9 Å². The molecule has 0 aliphatic carbocycles. The lowest BCUT2D eigenvalue weighted by molar-refractivity contribution is 0.235. The highest BCUT2D eigenvalue weighted by atomic mass is 35.5. The Morgan fingerprint density at radius 3 is 2.32 bits per heavy atom. The van der Waals surface area contributed by atoms with Gasteiger partial charge in [-0.15, -0.1) is 0 Å². The maximum atomic E-state index is 12.1. The zero-order chi connectivity index (χ0) is 16.1. The maximum absolute atomic E-state index is 12.1. The van der Waals surface area contributed by atoms with Crippen LogP contribution in [-0.4, -0.2) is 6.03 Å². The molecule has 3 nitrogen and oxygen atoms in total. The number of amides is 2. The summed E-state index contributed by atoms with van der Waals surface area (Å²) < 4.78 is 0. The maximum Gasteiger partial charge on any atom is 0.315 e. The van der Waals surface area contributed by atoms with Gasteiger partial charge in [0.15, 0.2) is 0 Å². The average molecular weight is 337 g/mol. The van der Waals surface area contributed by atoms with E-state index in [0.717, 1.165) is 11.1 Å². The topological polar surface area (TPSA) is 41.1 Å². The number of urea groups is 1. The summed E-state index contributed by atoms with van der Waals surface area (Å²) in [6.45, 7) is 3.80. The normalized spacial score (nSPS) is 13.3. The molecule has 0 saturated carbocycles. The molecule has 0 fully saturated rings. The van der Waals surface area contributed by atoms with Crippen LogP contribution in [0.25, 0.3) is 0 Å². The molecule has 0 aromatic heterocycles. The van der Waals surface area contributed by atoms with Crippen LogP contribution in [-0.2, 0) is 0 Å². The van der Waals surface area contributed by atoms with Gasteiger partial charge in [-0.3, -0.25) is 0 Å². The van der Waals surface area contributed by atoms with Crippen LogP contribution in [0.4, 0.5) is 4.79 Å². The van der Waals surface area contributed by atoms with Crippen LogP contribution in [0.3, 0.4) is 0 Å². The molecule has 0 heterocycles. The summed E-state index contributed by atoms with van der Waals surface area (Å²) in [7, 11) is 0. The highest BCUT2D eigenvalue weighted by Crippen LogP contribution is 2.22. The molecular weight excluding hydrogens is 319 g/mol. The standard InChI is InChI=1S/C17H18Cl2N2O/c1-11(13-6-5-7-14(18)10-13)20-17(22)21-12(2)15-8-3-4-9-16(15)19/h3-12H,1-2H3,(H2,20,21,22). The molecule has 22 heavy (non-hydrogen) atoms. The van der Waals surface area contributed by atoms with Crippen LogP contribution in [0.5, 0.6) is 0 Å². The lowest BCUT2D eigenvalue weighted by Crippen LogP contribution is -2.38. The van der Waals surface area contributed by atoms with Gasteiger partial charge in [-0.2, -0.15) is 0 Å². The molecule has 0 saturated heterocycles. The van der Waals surface area contributed by atoms with Crippen molar-refractivity contribution >= 4 is 29.2 Å². The molecule has 0 aliphatic heterocycles. The predicted molar refractivity (Wildman–Crippen MR) is 91.4 cm³/mol. The lowest BCUT2D eigenvalue weighted by Gasteiger charge is -2.19. The van der Waals surface area contributed by atoms with E-state index in [4.69, 9.17) is 23.2 Å². The summed E-state index contributed by atoms with van der Waals surface area (Å²) in [6.07, 6.45) is 0. The summed E-state index contributed by atoms with van der Waals surface area (Å²) in [5.74, 6) is 0. The first-order valence-electron chi connectivity index (χ1n) is 7.04. The molecule has 2 atom stereocenters. The number of hydrogen-bond donors (Lipinski definition) is 2. The van der Waals surface area contributed by atoms with Gasteiger partial charge in [0.2, 0.25) is 0 Å². The molecule has 2 aromatic carbocycles. The smallest absolute Gasteiger partial charge is 0.315 e. The van der Waals surface area contributed by atoms with Crippen molar-refractivity contribution in [3.63, 3.8) is 0 Å². The second-order valence-corrected chi connectivity index (χ2v) is 5.98. The fourth-order valence-electron chi connectivity index (χ4n) is 2.20. The third-order valence-corrected chi connectivity index (χ3v) is 3.99. The number of nitrogens with one attached hydrogen (secondary N) is 2. The Morgan fingerprint density at radius 1 is 0.955 bits per heavy atom. The minimum absolute atomic E-state index is 0.142. The van der Waals surface area contributed by atoms with Crippen LogP contribution in [0.1, 0.15) is 37.1 Å². The summed E-state index contributed by atoms with van der Waals surface area (Å²) in [4.78, 5) is 12.1. The molecule has 2 aromatic rings. The predicted octanol–water partition coefficient (Wildman–Crippen LogP) is 5.11. The quantitative estimate of drug-likeness (QED) is 0.799. The Morgan fingerprint density at radius 2 is 1.64 bits per heavy atom. The monoisotopic (exact) mass is 336 g/mol. The van der Waals surface area contributed by atoms with Gasteiger partial charge in [-0.05, 0) is 43.2 Å².